The van der Waals surface area contributed by atoms with E-state index in [2.05, 4.69) is 6.92 Å². The van der Waals surface area contributed by atoms with Crippen LogP contribution in [0.1, 0.15) is 46.1 Å². The highest BCUT2D eigenvalue weighted by atomic mass is 32.2. The molecule has 0 unspecified atom stereocenters. The van der Waals surface area contributed by atoms with Crippen LogP contribution in [0.4, 0.5) is 0 Å². The highest BCUT2D eigenvalue weighted by Crippen LogP contribution is 2.17. The zero-order valence-electron chi connectivity index (χ0n) is 14.6. The van der Waals surface area contributed by atoms with Gasteiger partial charge < -0.3 is 4.74 Å². The van der Waals surface area contributed by atoms with E-state index in [0.717, 1.165) is 29.1 Å². The Bertz CT molecular complexity index is 615. The summed E-state index contributed by atoms with van der Waals surface area (Å²) in [5, 5.41) is 0. The first kappa shape index (κ1) is 19.6. The molecule has 0 fully saturated rings. The molecule has 0 amide bonds. The van der Waals surface area contributed by atoms with Crippen LogP contribution in [0.25, 0.3) is 0 Å². The van der Waals surface area contributed by atoms with Gasteiger partial charge in [0.1, 0.15) is 12.1 Å². The van der Waals surface area contributed by atoms with Crippen LogP contribution in [0.2, 0.25) is 0 Å². The number of hydrogen-bond acceptors (Lipinski definition) is 4. The molecule has 0 saturated heterocycles. The summed E-state index contributed by atoms with van der Waals surface area (Å²) in [7, 11) is -2.32. The Morgan fingerprint density at radius 1 is 1.17 bits per heavy atom. The first-order valence-corrected chi connectivity index (χ1v) is 9.27. The summed E-state index contributed by atoms with van der Waals surface area (Å²) in [6.07, 6.45) is 3.11. The largest absolute Gasteiger partial charge is 0.459 e. The summed E-state index contributed by atoms with van der Waals surface area (Å²) in [6, 6.07) is 6.82. The molecule has 0 aliphatic carbocycles. The Morgan fingerprint density at radius 3 is 2.22 bits per heavy atom. The summed E-state index contributed by atoms with van der Waals surface area (Å²) < 4.78 is 31.1. The molecule has 0 N–H and O–H groups in total. The minimum absolute atomic E-state index is 0.184. The molecule has 1 aromatic carbocycles. The van der Waals surface area contributed by atoms with Crippen LogP contribution in [0.3, 0.4) is 0 Å². The van der Waals surface area contributed by atoms with Crippen LogP contribution in [-0.4, -0.2) is 37.9 Å². The van der Waals surface area contributed by atoms with Crippen molar-refractivity contribution in [3.63, 3.8) is 0 Å². The Morgan fingerprint density at radius 2 is 1.74 bits per heavy atom. The second-order valence-electron chi connectivity index (χ2n) is 6.60. The molecule has 23 heavy (non-hydrogen) atoms. The summed E-state index contributed by atoms with van der Waals surface area (Å²) in [5.74, 6) is -0.567. The number of unbranched alkanes of at least 4 members (excludes halogenated alkanes) is 1. The van der Waals surface area contributed by atoms with Crippen LogP contribution in [0.5, 0.6) is 0 Å². The van der Waals surface area contributed by atoms with E-state index in [0.29, 0.717) is 0 Å². The Hall–Kier alpha value is -1.40. The average Bonchev–Trinajstić information content (AvgIpc) is 2.43. The van der Waals surface area contributed by atoms with Gasteiger partial charge in [0.2, 0.25) is 10.0 Å². The minimum atomic E-state index is -3.69. The molecular weight excluding hydrogens is 314 g/mol. The van der Waals surface area contributed by atoms with E-state index in [4.69, 9.17) is 4.74 Å². The molecule has 0 heterocycles. The molecule has 5 nitrogen and oxygen atoms in total. The summed E-state index contributed by atoms with van der Waals surface area (Å²) >= 11 is 0. The summed E-state index contributed by atoms with van der Waals surface area (Å²) in [4.78, 5) is 12.0. The molecule has 0 aromatic heterocycles. The Kier molecular flexibility index (Phi) is 6.77. The zero-order valence-corrected chi connectivity index (χ0v) is 15.4. The fraction of sp³-hybridized carbons (Fsp3) is 0.588. The SMILES string of the molecule is CCCCc1ccc(S(=O)(=O)N(C)CC(=O)OC(C)(C)C)cc1. The first-order valence-electron chi connectivity index (χ1n) is 7.83. The lowest BCUT2D eigenvalue weighted by atomic mass is 10.1. The molecule has 1 aromatic rings. The van der Waals surface area contributed by atoms with Gasteiger partial charge in [0.05, 0.1) is 4.90 Å². The van der Waals surface area contributed by atoms with Crippen LogP contribution < -0.4 is 0 Å². The van der Waals surface area contributed by atoms with Crippen LogP contribution >= 0.6 is 0 Å². The number of ether oxygens (including phenoxy) is 1. The van der Waals surface area contributed by atoms with Gasteiger partial charge >= 0.3 is 5.97 Å². The minimum Gasteiger partial charge on any atom is -0.459 e. The number of carbonyl (C=O) groups excluding carboxylic acids is 1. The lowest BCUT2D eigenvalue weighted by Crippen LogP contribution is -2.36. The average molecular weight is 341 g/mol. The highest BCUT2D eigenvalue weighted by molar-refractivity contribution is 7.89. The molecular formula is C17H27NO4S. The normalized spacial score (nSPS) is 12.4. The fourth-order valence-corrected chi connectivity index (χ4v) is 3.14. The molecule has 0 bridgehead atoms. The molecule has 1 rings (SSSR count). The van der Waals surface area contributed by atoms with Gasteiger partial charge in [0.25, 0.3) is 0 Å². The van der Waals surface area contributed by atoms with Crippen molar-refractivity contribution in [2.45, 2.75) is 57.5 Å². The molecule has 6 heteroatoms. The maximum absolute atomic E-state index is 12.5. The second kappa shape index (κ2) is 7.93. The van der Waals surface area contributed by atoms with Crippen molar-refractivity contribution < 1.29 is 17.9 Å². The molecule has 0 radical (unpaired) electrons. The quantitative estimate of drug-likeness (QED) is 0.715. The molecule has 0 saturated carbocycles. The van der Waals surface area contributed by atoms with Gasteiger partial charge in [-0.25, -0.2) is 8.42 Å². The number of benzene rings is 1. The molecule has 0 spiro atoms. The van der Waals surface area contributed by atoms with E-state index in [1.165, 1.54) is 7.05 Å². The first-order chi connectivity index (χ1) is 10.6. The van der Waals surface area contributed by atoms with E-state index >= 15 is 0 Å². The van der Waals surface area contributed by atoms with E-state index < -0.39 is 21.6 Å². The van der Waals surface area contributed by atoms with Gasteiger partial charge in [-0.2, -0.15) is 4.31 Å². The van der Waals surface area contributed by atoms with E-state index in [-0.39, 0.29) is 11.4 Å². The number of sulfonamides is 1. The monoisotopic (exact) mass is 341 g/mol. The number of rotatable bonds is 7. The third kappa shape index (κ3) is 6.31. The lowest BCUT2D eigenvalue weighted by Gasteiger charge is -2.22. The van der Waals surface area contributed by atoms with Crippen LogP contribution in [0.15, 0.2) is 29.2 Å². The van der Waals surface area contributed by atoms with Crippen molar-refractivity contribution >= 4 is 16.0 Å². The number of esters is 1. The third-order valence-corrected chi connectivity index (χ3v) is 5.04. The van der Waals surface area contributed by atoms with Crippen LogP contribution in [0, 0.1) is 0 Å². The number of hydrogen-bond donors (Lipinski definition) is 0. The van der Waals surface area contributed by atoms with E-state index in [1.807, 2.05) is 12.1 Å². The Balaban J connectivity index is 2.79. The maximum atomic E-state index is 12.5. The van der Waals surface area contributed by atoms with E-state index in [9.17, 15) is 13.2 Å². The van der Waals surface area contributed by atoms with Gasteiger partial charge in [0, 0.05) is 7.05 Å². The number of aryl methyl sites for hydroxylation is 1. The van der Waals surface area contributed by atoms with Crippen molar-refractivity contribution in [1.82, 2.24) is 4.31 Å². The van der Waals surface area contributed by atoms with Crippen molar-refractivity contribution in [1.29, 1.82) is 0 Å². The predicted molar refractivity (Wildman–Crippen MR) is 90.7 cm³/mol. The molecule has 0 aliphatic rings. The number of carbonyl (C=O) groups is 1. The van der Waals surface area contributed by atoms with Crippen molar-refractivity contribution in [3.05, 3.63) is 29.8 Å². The second-order valence-corrected chi connectivity index (χ2v) is 8.64. The van der Waals surface area contributed by atoms with Crippen LogP contribution in [-0.2, 0) is 26.0 Å². The topological polar surface area (TPSA) is 63.7 Å². The molecule has 0 aliphatic heterocycles. The number of likely N-dealkylation sites (N-methyl/N-ethyl adjacent to an activating group) is 1. The Labute approximate surface area is 139 Å². The van der Waals surface area contributed by atoms with Crippen molar-refractivity contribution in [2.24, 2.45) is 0 Å². The van der Waals surface area contributed by atoms with Crippen molar-refractivity contribution in [2.75, 3.05) is 13.6 Å². The van der Waals surface area contributed by atoms with Gasteiger partial charge in [-0.05, 0) is 51.3 Å². The zero-order chi connectivity index (χ0) is 17.7. The summed E-state index contributed by atoms with van der Waals surface area (Å²) in [6.45, 7) is 7.04. The van der Waals surface area contributed by atoms with Gasteiger partial charge in [-0.3, -0.25) is 4.79 Å². The fourth-order valence-electron chi connectivity index (χ4n) is 2.03. The van der Waals surface area contributed by atoms with Crippen molar-refractivity contribution in [3.8, 4) is 0 Å². The van der Waals surface area contributed by atoms with Gasteiger partial charge in [-0.1, -0.05) is 25.5 Å². The lowest BCUT2D eigenvalue weighted by molar-refractivity contribution is -0.154. The molecule has 0 atom stereocenters. The summed E-state index contributed by atoms with van der Waals surface area (Å²) in [5.41, 5.74) is 0.475. The van der Waals surface area contributed by atoms with Gasteiger partial charge in [-0.15, -0.1) is 0 Å². The number of nitrogens with zero attached hydrogens (tertiary/aromatic N) is 1. The maximum Gasteiger partial charge on any atom is 0.321 e. The smallest absolute Gasteiger partial charge is 0.321 e. The highest BCUT2D eigenvalue weighted by Gasteiger charge is 2.25. The van der Waals surface area contributed by atoms with E-state index in [1.54, 1.807) is 32.9 Å². The standard InChI is InChI=1S/C17H27NO4S/c1-6-7-8-14-9-11-15(12-10-14)23(20,21)18(5)13-16(19)22-17(2,3)4/h9-12H,6-8,13H2,1-5H3. The molecule has 130 valence electrons. The predicted octanol–water partition coefficient (Wildman–Crippen LogP) is 2.99. The van der Waals surface area contributed by atoms with Gasteiger partial charge in [0.15, 0.2) is 0 Å². The third-order valence-electron chi connectivity index (χ3n) is 3.22.